The molecular weight excluding hydrogens is 506 g/mol. The number of aromatic nitrogens is 2. The summed E-state index contributed by atoms with van der Waals surface area (Å²) in [6.07, 6.45) is -0.310. The van der Waals surface area contributed by atoms with E-state index in [1.54, 1.807) is 18.2 Å². The summed E-state index contributed by atoms with van der Waals surface area (Å²) in [6.45, 7) is 23.6. The molecule has 196 valence electrons. The number of nitrogens with zero attached hydrogens (tertiary/aromatic N) is 3. The third kappa shape index (κ3) is 6.58. The Morgan fingerprint density at radius 3 is 2.38 bits per heavy atom. The summed E-state index contributed by atoms with van der Waals surface area (Å²) in [5, 5.41) is 15.3. The highest BCUT2D eigenvalue weighted by molar-refractivity contribution is 6.74. The molecule has 0 aliphatic heterocycles. The van der Waals surface area contributed by atoms with Gasteiger partial charge in [-0.25, -0.2) is 4.85 Å². The number of benzene rings is 2. The Balaban J connectivity index is 1.97. The van der Waals surface area contributed by atoms with Crippen LogP contribution in [0.2, 0.25) is 23.2 Å². The van der Waals surface area contributed by atoms with E-state index in [0.717, 1.165) is 16.8 Å². The second-order valence-electron chi connectivity index (χ2n) is 10.6. The number of carbonyl (C=O) groups excluding carboxylic acids is 1. The van der Waals surface area contributed by atoms with Crippen LogP contribution in [0.15, 0.2) is 40.8 Å². The molecule has 0 radical (unpaired) electrons. The van der Waals surface area contributed by atoms with Crippen molar-refractivity contribution in [3.63, 3.8) is 0 Å². The van der Waals surface area contributed by atoms with E-state index >= 15 is 0 Å². The van der Waals surface area contributed by atoms with Crippen molar-refractivity contribution in [2.45, 2.75) is 71.8 Å². The minimum atomic E-state index is -2.13. The first-order valence-corrected chi connectivity index (χ1v) is 15.3. The molecule has 1 aromatic heterocycles. The fourth-order valence-electron chi connectivity index (χ4n) is 3.55. The highest BCUT2D eigenvalue weighted by Crippen LogP contribution is 2.40. The molecule has 0 aliphatic carbocycles. The van der Waals surface area contributed by atoms with Crippen LogP contribution >= 0.6 is 11.6 Å². The van der Waals surface area contributed by atoms with E-state index in [2.05, 4.69) is 59.5 Å². The minimum absolute atomic E-state index is 0.0119. The van der Waals surface area contributed by atoms with E-state index in [0.29, 0.717) is 28.2 Å². The summed E-state index contributed by atoms with van der Waals surface area (Å²) in [6, 6.07) is 10.2. The molecular formula is C27H34ClN5O3Si. The van der Waals surface area contributed by atoms with Crippen LogP contribution in [0.4, 0.5) is 17.1 Å². The number of nitrogens with one attached hydrogen (secondary N) is 2. The maximum absolute atomic E-state index is 11.3. The second kappa shape index (κ2) is 11.0. The van der Waals surface area contributed by atoms with Crippen molar-refractivity contribution in [3.05, 3.63) is 64.3 Å². The summed E-state index contributed by atoms with van der Waals surface area (Å²) < 4.78 is 12.8. The molecule has 10 heteroatoms. The number of anilines is 2. The molecule has 0 saturated carbocycles. The molecule has 1 amide bonds. The Labute approximate surface area is 224 Å². The first-order chi connectivity index (χ1) is 17.2. The van der Waals surface area contributed by atoms with Crippen molar-refractivity contribution in [1.82, 2.24) is 10.2 Å². The lowest BCUT2D eigenvalue weighted by Gasteiger charge is -2.40. The number of halogens is 1. The number of hydrogen-bond acceptors (Lipinski definition) is 6. The maximum Gasteiger partial charge on any atom is 0.247 e. The monoisotopic (exact) mass is 539 g/mol. The molecule has 2 N–H and O–H groups in total. The fraction of sp³-hybridized carbons (Fsp3) is 0.407. The predicted molar refractivity (Wildman–Crippen MR) is 151 cm³/mol. The molecule has 0 bridgehead atoms. The lowest BCUT2D eigenvalue weighted by Crippen LogP contribution is -2.45. The third-order valence-corrected chi connectivity index (χ3v) is 11.8. The van der Waals surface area contributed by atoms with Crippen LogP contribution in [0.25, 0.3) is 16.3 Å². The lowest BCUT2D eigenvalue weighted by atomic mass is 10.1. The van der Waals surface area contributed by atoms with Crippen molar-refractivity contribution < 1.29 is 13.6 Å². The van der Waals surface area contributed by atoms with Crippen LogP contribution in [0.5, 0.6) is 0 Å². The number of carbonyl (C=O) groups is 1. The second-order valence-corrected chi connectivity index (χ2v) is 15.7. The fourth-order valence-corrected chi connectivity index (χ4v) is 5.17. The molecule has 0 fully saturated rings. The molecule has 0 spiro atoms. The van der Waals surface area contributed by atoms with Crippen LogP contribution in [-0.4, -0.2) is 30.5 Å². The summed E-state index contributed by atoms with van der Waals surface area (Å²) in [4.78, 5) is 14.8. The van der Waals surface area contributed by atoms with Gasteiger partial charge in [0, 0.05) is 23.9 Å². The zero-order valence-electron chi connectivity index (χ0n) is 22.6. The van der Waals surface area contributed by atoms with Crippen molar-refractivity contribution >= 4 is 42.9 Å². The van der Waals surface area contributed by atoms with E-state index in [4.69, 9.17) is 27.0 Å². The van der Waals surface area contributed by atoms with Gasteiger partial charge in [0.2, 0.25) is 23.4 Å². The van der Waals surface area contributed by atoms with Gasteiger partial charge in [-0.3, -0.25) is 4.79 Å². The van der Waals surface area contributed by atoms with Gasteiger partial charge in [0.15, 0.2) is 8.32 Å². The SMILES string of the molecule is [C-]#[N+]c1ccc(N[C@@H](c2nnc(-c3ccc(NC(C)=O)cc3)o2)[C@H](C)O[Si](C)(C)C(C)(C)C)c(C)c1Cl. The highest BCUT2D eigenvalue weighted by Gasteiger charge is 2.41. The van der Waals surface area contributed by atoms with E-state index < -0.39 is 14.4 Å². The summed E-state index contributed by atoms with van der Waals surface area (Å²) in [5.74, 6) is 0.586. The van der Waals surface area contributed by atoms with Crippen LogP contribution in [-0.2, 0) is 9.22 Å². The van der Waals surface area contributed by atoms with E-state index in [1.807, 2.05) is 32.0 Å². The molecule has 3 aromatic rings. The van der Waals surface area contributed by atoms with Crippen molar-refractivity contribution in [2.75, 3.05) is 10.6 Å². The molecule has 0 saturated heterocycles. The average molecular weight is 540 g/mol. The van der Waals surface area contributed by atoms with Gasteiger partial charge in [-0.15, -0.1) is 10.2 Å². The molecule has 8 nitrogen and oxygen atoms in total. The highest BCUT2D eigenvalue weighted by atomic mass is 35.5. The van der Waals surface area contributed by atoms with Crippen molar-refractivity contribution in [1.29, 1.82) is 0 Å². The largest absolute Gasteiger partial charge is 0.418 e. The Morgan fingerprint density at radius 1 is 1.16 bits per heavy atom. The third-order valence-electron chi connectivity index (χ3n) is 6.71. The van der Waals surface area contributed by atoms with Crippen LogP contribution in [0, 0.1) is 13.5 Å². The van der Waals surface area contributed by atoms with E-state index in [-0.39, 0.29) is 17.0 Å². The molecule has 1 heterocycles. The van der Waals surface area contributed by atoms with Gasteiger partial charge in [-0.2, -0.15) is 0 Å². The average Bonchev–Trinajstić information content (AvgIpc) is 3.29. The van der Waals surface area contributed by atoms with E-state index in [9.17, 15) is 4.79 Å². The first-order valence-electron chi connectivity index (χ1n) is 12.1. The first kappa shape index (κ1) is 28.4. The van der Waals surface area contributed by atoms with Gasteiger partial charge in [0.25, 0.3) is 0 Å². The standard InChI is InChI=1S/C27H34ClN5O3Si/c1-16-21(14-15-22(29-7)23(16)28)31-24(17(2)36-37(8,9)27(4,5)6)26-33-32-25(35-26)19-10-12-20(13-11-19)30-18(3)34/h10-15,17,24,31H,1-6,8-9H3,(H,30,34)/t17-,24+/m0/s1. The lowest BCUT2D eigenvalue weighted by molar-refractivity contribution is -0.114. The van der Waals surface area contributed by atoms with Gasteiger partial charge in [0.1, 0.15) is 6.04 Å². The minimum Gasteiger partial charge on any atom is -0.418 e. The molecule has 2 atom stereocenters. The van der Waals surface area contributed by atoms with Gasteiger partial charge in [0.05, 0.1) is 17.7 Å². The topological polar surface area (TPSA) is 93.6 Å². The van der Waals surface area contributed by atoms with Gasteiger partial charge < -0.3 is 19.5 Å². The van der Waals surface area contributed by atoms with Crippen LogP contribution in [0.3, 0.4) is 0 Å². The molecule has 0 aliphatic rings. The molecule has 2 aromatic carbocycles. The number of amides is 1. The van der Waals surface area contributed by atoms with Gasteiger partial charge in [-0.05, 0) is 67.9 Å². The normalized spacial score (nSPS) is 13.5. The van der Waals surface area contributed by atoms with Gasteiger partial charge >= 0.3 is 0 Å². The quantitative estimate of drug-likeness (QED) is 0.224. The summed E-state index contributed by atoms with van der Waals surface area (Å²) in [7, 11) is -2.13. The molecule has 0 unspecified atom stereocenters. The summed E-state index contributed by atoms with van der Waals surface area (Å²) in [5.41, 5.74) is 3.32. The molecule has 3 rings (SSSR count). The smallest absolute Gasteiger partial charge is 0.247 e. The van der Waals surface area contributed by atoms with Crippen LogP contribution in [0.1, 0.15) is 52.1 Å². The van der Waals surface area contributed by atoms with Gasteiger partial charge in [-0.1, -0.05) is 38.4 Å². The van der Waals surface area contributed by atoms with Crippen molar-refractivity contribution in [2.24, 2.45) is 0 Å². The number of rotatable bonds is 8. The van der Waals surface area contributed by atoms with Crippen LogP contribution < -0.4 is 10.6 Å². The zero-order valence-corrected chi connectivity index (χ0v) is 24.3. The zero-order chi connectivity index (χ0) is 27.5. The molecule has 37 heavy (non-hydrogen) atoms. The van der Waals surface area contributed by atoms with Crippen molar-refractivity contribution in [3.8, 4) is 11.5 Å². The Kier molecular flexibility index (Phi) is 8.47. The Morgan fingerprint density at radius 2 is 1.81 bits per heavy atom. The van der Waals surface area contributed by atoms with E-state index in [1.165, 1.54) is 6.92 Å². The maximum atomic E-state index is 11.3. The number of hydrogen-bond donors (Lipinski definition) is 2. The predicted octanol–water partition coefficient (Wildman–Crippen LogP) is 7.77. The Hall–Kier alpha value is -3.19. The summed E-state index contributed by atoms with van der Waals surface area (Å²) >= 11 is 6.45. The Bertz CT molecular complexity index is 1310.